The summed E-state index contributed by atoms with van der Waals surface area (Å²) >= 11 is 0. The molecule has 0 atom stereocenters. The van der Waals surface area contributed by atoms with Crippen molar-refractivity contribution in [2.75, 3.05) is 5.84 Å². The molecular formula is CH3CuN5. The third-order valence-corrected chi connectivity index (χ3v) is 0.365. The summed E-state index contributed by atoms with van der Waals surface area (Å²) in [5, 5.41) is 9.71. The van der Waals surface area contributed by atoms with Crippen LogP contribution in [0.5, 0.6) is 0 Å². The summed E-state index contributed by atoms with van der Waals surface area (Å²) < 4.78 is 0. The third-order valence-electron chi connectivity index (χ3n) is 0.365. The average molecular weight is 149 g/mol. The van der Waals surface area contributed by atoms with Gasteiger partial charge in [0.05, 0.1) is 0 Å². The summed E-state index contributed by atoms with van der Waals surface area (Å²) in [5.41, 5.74) is 0. The molecule has 1 aromatic heterocycles. The number of hydrogen-bond acceptors (Lipinski definition) is 4. The van der Waals surface area contributed by atoms with E-state index in [1.54, 1.807) is 0 Å². The van der Waals surface area contributed by atoms with Crippen molar-refractivity contribution in [3.63, 3.8) is 0 Å². The van der Waals surface area contributed by atoms with Crippen LogP contribution in [-0.4, -0.2) is 20.3 Å². The number of aromatic nitrogens is 4. The molecule has 0 aliphatic heterocycles. The maximum absolute atomic E-state index is 4.96. The van der Waals surface area contributed by atoms with E-state index >= 15 is 0 Å². The largest absolute Gasteiger partial charge is 0.320 e. The molecule has 7 heavy (non-hydrogen) atoms. The minimum atomic E-state index is 0. The smallest absolute Gasteiger partial charge is 0.161 e. The molecule has 0 aliphatic rings. The van der Waals surface area contributed by atoms with Gasteiger partial charge in [-0.3, -0.25) is 0 Å². The van der Waals surface area contributed by atoms with Gasteiger partial charge in [-0.15, -0.1) is 9.89 Å². The van der Waals surface area contributed by atoms with Gasteiger partial charge in [-0.2, -0.15) is 0 Å². The normalized spacial score (nSPS) is 7.43. The fourth-order valence-corrected chi connectivity index (χ4v) is 0.168. The molecule has 0 aliphatic carbocycles. The number of rotatable bonds is 0. The standard InChI is InChI=1S/CH3N5.Cu/c2-6-1-3-4-5-6;/h1H,2H2;. The molecule has 0 amide bonds. The van der Waals surface area contributed by atoms with Gasteiger partial charge in [0.25, 0.3) is 0 Å². The van der Waals surface area contributed by atoms with Gasteiger partial charge in [-0.05, 0) is 10.4 Å². The molecule has 1 rings (SSSR count). The number of nitrogens with two attached hydrogens (primary N) is 1. The van der Waals surface area contributed by atoms with Crippen LogP contribution < -0.4 is 5.84 Å². The van der Waals surface area contributed by atoms with E-state index in [-0.39, 0.29) is 17.1 Å². The van der Waals surface area contributed by atoms with E-state index in [1.807, 2.05) is 0 Å². The predicted molar refractivity (Wildman–Crippen MR) is 18.0 cm³/mol. The second-order valence-electron chi connectivity index (χ2n) is 0.790. The first-order chi connectivity index (χ1) is 2.89. The Kier molecular flexibility index (Phi) is 2.32. The average Bonchev–Trinajstić information content (AvgIpc) is 1.86. The molecule has 0 aromatic carbocycles. The van der Waals surface area contributed by atoms with E-state index in [0.29, 0.717) is 0 Å². The zero-order chi connectivity index (χ0) is 4.41. The Morgan fingerprint density at radius 3 is 2.43 bits per heavy atom. The summed E-state index contributed by atoms with van der Waals surface area (Å²) in [5.74, 6) is 4.96. The number of nitrogens with zero attached hydrogens (tertiary/aromatic N) is 4. The molecule has 0 spiro atoms. The van der Waals surface area contributed by atoms with E-state index < -0.39 is 0 Å². The molecule has 1 radical (unpaired) electrons. The van der Waals surface area contributed by atoms with Crippen molar-refractivity contribution in [3.05, 3.63) is 6.33 Å². The molecule has 2 N–H and O–H groups in total. The van der Waals surface area contributed by atoms with E-state index in [4.69, 9.17) is 5.84 Å². The zero-order valence-corrected chi connectivity index (χ0v) is 4.19. The van der Waals surface area contributed by atoms with Crippen LogP contribution >= 0.6 is 0 Å². The van der Waals surface area contributed by atoms with Crippen molar-refractivity contribution in [3.8, 4) is 0 Å². The molecule has 0 saturated carbocycles. The molecule has 0 unspecified atom stereocenters. The molecule has 0 bridgehead atoms. The van der Waals surface area contributed by atoms with Crippen LogP contribution in [-0.2, 0) is 17.1 Å². The Bertz CT molecular complexity index is 112. The second-order valence-corrected chi connectivity index (χ2v) is 0.790. The molecule has 1 heterocycles. The van der Waals surface area contributed by atoms with Crippen molar-refractivity contribution in [2.24, 2.45) is 0 Å². The van der Waals surface area contributed by atoms with Crippen LogP contribution in [0.3, 0.4) is 0 Å². The maximum Gasteiger partial charge on any atom is 0.161 e. The quantitative estimate of drug-likeness (QED) is 0.355. The molecule has 43 valence electrons. The Labute approximate surface area is 50.3 Å². The van der Waals surface area contributed by atoms with Gasteiger partial charge < -0.3 is 5.84 Å². The second kappa shape index (κ2) is 2.54. The van der Waals surface area contributed by atoms with E-state index in [0.717, 1.165) is 4.79 Å². The van der Waals surface area contributed by atoms with Crippen molar-refractivity contribution in [2.45, 2.75) is 0 Å². The first kappa shape index (κ1) is 6.39. The number of tetrazole rings is 1. The third kappa shape index (κ3) is 1.52. The fraction of sp³-hybridized carbons (Fsp3) is 0. The Balaban J connectivity index is 0.000000360. The first-order valence-corrected chi connectivity index (χ1v) is 1.37. The van der Waals surface area contributed by atoms with Crippen LogP contribution in [0.15, 0.2) is 6.33 Å². The maximum atomic E-state index is 4.96. The molecular weight excluding hydrogens is 146 g/mol. The van der Waals surface area contributed by atoms with Crippen LogP contribution in [0.25, 0.3) is 0 Å². The van der Waals surface area contributed by atoms with Crippen LogP contribution in [0.2, 0.25) is 0 Å². The van der Waals surface area contributed by atoms with Crippen molar-refractivity contribution >= 4 is 0 Å². The van der Waals surface area contributed by atoms with E-state index in [2.05, 4.69) is 15.5 Å². The van der Waals surface area contributed by atoms with Gasteiger partial charge in [-0.1, -0.05) is 0 Å². The van der Waals surface area contributed by atoms with Gasteiger partial charge in [0.15, 0.2) is 6.33 Å². The Hall–Kier alpha value is -0.611. The van der Waals surface area contributed by atoms with Gasteiger partial charge in [0, 0.05) is 17.1 Å². The number of nitrogen functional groups attached to an aromatic ring is 1. The SMILES string of the molecule is Nn1cnnn1.[Cu]. The van der Waals surface area contributed by atoms with Crippen LogP contribution in [0, 0.1) is 0 Å². The van der Waals surface area contributed by atoms with E-state index in [1.165, 1.54) is 6.33 Å². The van der Waals surface area contributed by atoms with Crippen LogP contribution in [0.4, 0.5) is 0 Å². The summed E-state index contributed by atoms with van der Waals surface area (Å²) in [6.45, 7) is 0. The minimum absolute atomic E-state index is 0. The van der Waals surface area contributed by atoms with Gasteiger partial charge in [0.2, 0.25) is 0 Å². The topological polar surface area (TPSA) is 69.6 Å². The molecule has 5 nitrogen and oxygen atoms in total. The van der Waals surface area contributed by atoms with Crippen LogP contribution in [0.1, 0.15) is 0 Å². The monoisotopic (exact) mass is 148 g/mol. The van der Waals surface area contributed by atoms with Crippen molar-refractivity contribution < 1.29 is 17.1 Å². The van der Waals surface area contributed by atoms with Gasteiger partial charge >= 0.3 is 0 Å². The minimum Gasteiger partial charge on any atom is -0.320 e. The summed E-state index contributed by atoms with van der Waals surface area (Å²) in [6.07, 6.45) is 1.31. The zero-order valence-electron chi connectivity index (χ0n) is 3.25. The molecule has 1 aromatic rings. The van der Waals surface area contributed by atoms with E-state index in [9.17, 15) is 0 Å². The predicted octanol–water partition coefficient (Wildman–Crippen LogP) is -1.62. The van der Waals surface area contributed by atoms with Crippen molar-refractivity contribution in [1.29, 1.82) is 0 Å². The molecule has 6 heteroatoms. The molecule has 0 fully saturated rings. The molecule has 0 saturated heterocycles. The Morgan fingerprint density at radius 2 is 2.29 bits per heavy atom. The summed E-state index contributed by atoms with van der Waals surface area (Å²) in [7, 11) is 0. The Morgan fingerprint density at radius 1 is 1.57 bits per heavy atom. The summed E-state index contributed by atoms with van der Waals surface area (Å²) in [4.78, 5) is 1.03. The van der Waals surface area contributed by atoms with Crippen molar-refractivity contribution in [1.82, 2.24) is 20.3 Å². The van der Waals surface area contributed by atoms with Gasteiger partial charge in [-0.25, -0.2) is 0 Å². The summed E-state index contributed by atoms with van der Waals surface area (Å²) in [6, 6.07) is 0. The fourth-order valence-electron chi connectivity index (χ4n) is 0.168. The first-order valence-electron chi connectivity index (χ1n) is 1.37. The van der Waals surface area contributed by atoms with Gasteiger partial charge in [0.1, 0.15) is 0 Å². The number of hydrogen-bond donors (Lipinski definition) is 1.